The van der Waals surface area contributed by atoms with E-state index in [0.29, 0.717) is 22.3 Å². The number of hydrogen-bond acceptors (Lipinski definition) is 5. The van der Waals surface area contributed by atoms with Crippen molar-refractivity contribution < 1.29 is 4.79 Å². The SMILES string of the molecule is CCn1c(=O)n(CC(=O)Nn2cnc3sc(C)c(-c4ccccc4)c3c2=O)c2ccccc21. The quantitative estimate of drug-likeness (QED) is 0.436. The Morgan fingerprint density at radius 2 is 1.67 bits per heavy atom. The van der Waals surface area contributed by atoms with Crippen molar-refractivity contribution in [1.82, 2.24) is 18.8 Å². The third-order valence-electron chi connectivity index (χ3n) is 5.64. The topological polar surface area (TPSA) is 90.9 Å². The average Bonchev–Trinajstić information content (AvgIpc) is 3.30. The molecule has 3 aromatic heterocycles. The van der Waals surface area contributed by atoms with Crippen LogP contribution in [-0.4, -0.2) is 24.7 Å². The summed E-state index contributed by atoms with van der Waals surface area (Å²) < 4.78 is 4.12. The number of rotatable bonds is 5. The van der Waals surface area contributed by atoms with Gasteiger partial charge in [0.15, 0.2) is 0 Å². The maximum atomic E-state index is 13.3. The first-order valence-corrected chi connectivity index (χ1v) is 11.3. The average molecular weight is 460 g/mol. The summed E-state index contributed by atoms with van der Waals surface area (Å²) in [4.78, 5) is 45.0. The van der Waals surface area contributed by atoms with E-state index in [1.165, 1.54) is 22.2 Å². The second-order valence-corrected chi connectivity index (χ2v) is 8.84. The van der Waals surface area contributed by atoms with E-state index in [1.807, 2.05) is 62.4 Å². The molecule has 166 valence electrons. The summed E-state index contributed by atoms with van der Waals surface area (Å²) in [5, 5.41) is 0.464. The van der Waals surface area contributed by atoms with Crippen molar-refractivity contribution >= 4 is 38.5 Å². The fraction of sp³-hybridized carbons (Fsp3) is 0.167. The smallest absolute Gasteiger partial charge is 0.292 e. The number of amides is 1. The van der Waals surface area contributed by atoms with Crippen LogP contribution in [0.2, 0.25) is 0 Å². The number of carbonyl (C=O) groups is 1. The van der Waals surface area contributed by atoms with Crippen molar-refractivity contribution in [1.29, 1.82) is 0 Å². The van der Waals surface area contributed by atoms with Gasteiger partial charge in [0.05, 0.1) is 16.4 Å². The first-order valence-electron chi connectivity index (χ1n) is 10.5. The summed E-state index contributed by atoms with van der Waals surface area (Å²) in [5.41, 5.74) is 5.13. The van der Waals surface area contributed by atoms with Crippen LogP contribution in [-0.2, 0) is 17.9 Å². The molecule has 0 aliphatic rings. The molecule has 1 N–H and O–H groups in total. The van der Waals surface area contributed by atoms with E-state index in [4.69, 9.17) is 0 Å². The molecule has 0 radical (unpaired) electrons. The Balaban J connectivity index is 1.52. The van der Waals surface area contributed by atoms with Crippen LogP contribution in [0.4, 0.5) is 0 Å². The summed E-state index contributed by atoms with van der Waals surface area (Å²) >= 11 is 1.44. The van der Waals surface area contributed by atoms with E-state index in [2.05, 4.69) is 10.4 Å². The number of carbonyl (C=O) groups excluding carboxylic acids is 1. The van der Waals surface area contributed by atoms with Crippen molar-refractivity contribution in [2.45, 2.75) is 26.9 Å². The zero-order chi connectivity index (χ0) is 23.1. The molecule has 0 saturated heterocycles. The van der Waals surface area contributed by atoms with Crippen molar-refractivity contribution in [2.24, 2.45) is 0 Å². The number of nitrogens with zero attached hydrogens (tertiary/aromatic N) is 4. The van der Waals surface area contributed by atoms with Gasteiger partial charge in [0.1, 0.15) is 17.7 Å². The number of benzene rings is 2. The van der Waals surface area contributed by atoms with E-state index >= 15 is 0 Å². The second kappa shape index (κ2) is 8.18. The van der Waals surface area contributed by atoms with Crippen LogP contribution < -0.4 is 16.7 Å². The minimum absolute atomic E-state index is 0.217. The van der Waals surface area contributed by atoms with Gasteiger partial charge in [0, 0.05) is 17.0 Å². The fourth-order valence-electron chi connectivity index (χ4n) is 4.18. The third-order valence-corrected chi connectivity index (χ3v) is 6.65. The number of aryl methyl sites for hydroxylation is 2. The number of fused-ring (bicyclic) bond motifs is 2. The number of para-hydroxylation sites is 2. The van der Waals surface area contributed by atoms with Gasteiger partial charge in [-0.25, -0.2) is 14.5 Å². The highest BCUT2D eigenvalue weighted by Crippen LogP contribution is 2.35. The number of thiophene rings is 1. The molecule has 0 spiro atoms. The van der Waals surface area contributed by atoms with Gasteiger partial charge in [-0.15, -0.1) is 11.3 Å². The Morgan fingerprint density at radius 1 is 1.00 bits per heavy atom. The highest BCUT2D eigenvalue weighted by Gasteiger charge is 2.19. The highest BCUT2D eigenvalue weighted by atomic mass is 32.1. The number of nitrogens with one attached hydrogen (secondary N) is 1. The molecule has 5 rings (SSSR count). The Labute approximate surface area is 192 Å². The van der Waals surface area contributed by atoms with Crippen molar-refractivity contribution in [2.75, 3.05) is 5.43 Å². The highest BCUT2D eigenvalue weighted by molar-refractivity contribution is 7.19. The van der Waals surface area contributed by atoms with Gasteiger partial charge < -0.3 is 0 Å². The van der Waals surface area contributed by atoms with E-state index in [9.17, 15) is 14.4 Å². The third kappa shape index (κ3) is 3.46. The first-order chi connectivity index (χ1) is 16.0. The van der Waals surface area contributed by atoms with Crippen LogP contribution in [0.3, 0.4) is 0 Å². The van der Waals surface area contributed by atoms with Crippen molar-refractivity contribution in [3.63, 3.8) is 0 Å². The van der Waals surface area contributed by atoms with E-state index < -0.39 is 5.91 Å². The molecule has 8 nitrogen and oxygen atoms in total. The molecule has 3 heterocycles. The normalized spacial score (nSPS) is 11.3. The minimum Gasteiger partial charge on any atom is -0.292 e. The number of aromatic nitrogens is 4. The summed E-state index contributed by atoms with van der Waals surface area (Å²) in [6.07, 6.45) is 1.31. The molecule has 0 aliphatic carbocycles. The second-order valence-electron chi connectivity index (χ2n) is 7.64. The van der Waals surface area contributed by atoms with Gasteiger partial charge in [0.2, 0.25) is 0 Å². The molecule has 0 atom stereocenters. The van der Waals surface area contributed by atoms with Crippen LogP contribution in [0.15, 0.2) is 70.5 Å². The molecular formula is C24H21N5O3S. The van der Waals surface area contributed by atoms with Gasteiger partial charge in [0.25, 0.3) is 11.5 Å². The Kier molecular flexibility index (Phi) is 5.18. The van der Waals surface area contributed by atoms with Crippen LogP contribution in [0.1, 0.15) is 11.8 Å². The molecular weight excluding hydrogens is 438 g/mol. The Morgan fingerprint density at radius 3 is 2.36 bits per heavy atom. The van der Waals surface area contributed by atoms with Crippen LogP contribution in [0.25, 0.3) is 32.4 Å². The lowest BCUT2D eigenvalue weighted by atomic mass is 10.0. The number of hydrogen-bond donors (Lipinski definition) is 1. The van der Waals surface area contributed by atoms with Crippen LogP contribution in [0.5, 0.6) is 0 Å². The largest absolute Gasteiger partial charge is 0.329 e. The lowest BCUT2D eigenvalue weighted by Crippen LogP contribution is -2.37. The predicted molar refractivity (Wildman–Crippen MR) is 130 cm³/mol. The lowest BCUT2D eigenvalue weighted by Gasteiger charge is -2.09. The first kappa shape index (κ1) is 20.9. The van der Waals surface area contributed by atoms with Gasteiger partial charge in [-0.1, -0.05) is 42.5 Å². The molecule has 2 aromatic carbocycles. The Bertz CT molecular complexity index is 1630. The standard InChI is InChI=1S/C24H21N5O3S/c1-3-27-17-11-7-8-12-18(17)28(24(27)32)13-19(30)26-29-14-25-22-21(23(29)31)20(15(2)33-22)16-9-5-4-6-10-16/h4-12,14H,3,13H2,1-2H3,(H,26,30). The predicted octanol–water partition coefficient (Wildman–Crippen LogP) is 3.34. The van der Waals surface area contributed by atoms with Crippen LogP contribution >= 0.6 is 11.3 Å². The zero-order valence-corrected chi connectivity index (χ0v) is 18.9. The molecule has 0 fully saturated rings. The zero-order valence-electron chi connectivity index (χ0n) is 18.1. The van der Waals surface area contributed by atoms with E-state index in [-0.39, 0.29) is 17.8 Å². The maximum Gasteiger partial charge on any atom is 0.329 e. The monoisotopic (exact) mass is 459 g/mol. The molecule has 0 saturated carbocycles. The molecule has 0 aliphatic heterocycles. The van der Waals surface area contributed by atoms with Crippen molar-refractivity contribution in [3.05, 3.63) is 86.6 Å². The van der Waals surface area contributed by atoms with Crippen molar-refractivity contribution in [3.8, 4) is 11.1 Å². The van der Waals surface area contributed by atoms with Gasteiger partial charge in [-0.3, -0.25) is 24.1 Å². The van der Waals surface area contributed by atoms with Gasteiger partial charge in [-0.2, -0.15) is 0 Å². The summed E-state index contributed by atoms with van der Waals surface area (Å²) in [7, 11) is 0. The van der Waals surface area contributed by atoms with E-state index in [1.54, 1.807) is 10.6 Å². The summed E-state index contributed by atoms with van der Waals surface area (Å²) in [5.74, 6) is -0.493. The summed E-state index contributed by atoms with van der Waals surface area (Å²) in [6, 6.07) is 17.0. The molecule has 1 amide bonds. The lowest BCUT2D eigenvalue weighted by molar-refractivity contribution is -0.117. The molecule has 9 heteroatoms. The maximum absolute atomic E-state index is 13.3. The molecule has 33 heavy (non-hydrogen) atoms. The minimum atomic E-state index is -0.493. The van der Waals surface area contributed by atoms with Gasteiger partial charge in [-0.05, 0) is 31.5 Å². The van der Waals surface area contributed by atoms with Crippen LogP contribution in [0, 0.1) is 6.92 Å². The molecule has 0 unspecified atom stereocenters. The molecule has 0 bridgehead atoms. The fourth-order valence-corrected chi connectivity index (χ4v) is 5.18. The summed E-state index contributed by atoms with van der Waals surface area (Å²) in [6.45, 7) is 4.11. The van der Waals surface area contributed by atoms with Gasteiger partial charge >= 0.3 is 5.69 Å². The molecule has 5 aromatic rings. The number of imidazole rings is 1. The van der Waals surface area contributed by atoms with E-state index in [0.717, 1.165) is 26.2 Å². The Hall–Kier alpha value is -3.98.